The Balaban J connectivity index is 3.35. The molecule has 1 aromatic rings. The topological polar surface area (TPSA) is 91.6 Å². The third kappa shape index (κ3) is 3.33. The molecule has 1 heterocycles. The first-order valence-electron chi connectivity index (χ1n) is 4.97. The van der Waals surface area contributed by atoms with Gasteiger partial charge in [-0.3, -0.25) is 4.79 Å². The molecule has 0 aromatic carbocycles. The molecule has 0 spiro atoms. The molecule has 7 nitrogen and oxygen atoms in total. The summed E-state index contributed by atoms with van der Waals surface area (Å²) in [5.74, 6) is -1.96. The smallest absolute Gasteiger partial charge is 0.376 e. The van der Waals surface area contributed by atoms with E-state index in [1.807, 2.05) is 0 Å². The number of nitro groups is 1. The lowest BCUT2D eigenvalue weighted by molar-refractivity contribution is -0.391. The molecule has 9 heteroatoms. The van der Waals surface area contributed by atoms with E-state index in [0.717, 1.165) is 20.3 Å². The Kier molecular flexibility index (Phi) is 4.67. The number of carbonyl (C=O) groups excluding carboxylic acids is 1. The van der Waals surface area contributed by atoms with Gasteiger partial charge in [0.05, 0.1) is 26.2 Å². The zero-order chi connectivity index (χ0) is 14.6. The molecule has 0 aliphatic heterocycles. The van der Waals surface area contributed by atoms with Gasteiger partial charge < -0.3 is 19.6 Å². The second-order valence-corrected chi connectivity index (χ2v) is 3.38. The number of pyridine rings is 1. The van der Waals surface area contributed by atoms with E-state index in [-0.39, 0.29) is 17.9 Å². The number of rotatable bonds is 5. The predicted octanol–water partition coefficient (Wildman–Crippen LogP) is 1.65. The van der Waals surface area contributed by atoms with Crippen LogP contribution in [0, 0.1) is 10.1 Å². The summed E-state index contributed by atoms with van der Waals surface area (Å²) in [4.78, 5) is 24.1. The van der Waals surface area contributed by atoms with E-state index in [1.165, 1.54) is 0 Å². The summed E-state index contributed by atoms with van der Waals surface area (Å²) in [6.07, 6.45) is -3.46. The van der Waals surface area contributed by atoms with Crippen LogP contribution in [0.5, 0.6) is 5.88 Å². The fourth-order valence-corrected chi connectivity index (χ4v) is 1.38. The molecule has 0 atom stereocenters. The number of hydrogen-bond acceptors (Lipinski definition) is 6. The molecule has 0 amide bonds. The Labute approximate surface area is 106 Å². The van der Waals surface area contributed by atoms with E-state index in [2.05, 4.69) is 9.72 Å². The normalized spacial score (nSPS) is 10.4. The van der Waals surface area contributed by atoms with Crippen molar-refractivity contribution in [2.24, 2.45) is 0 Å². The van der Waals surface area contributed by atoms with Crippen molar-refractivity contribution in [1.29, 1.82) is 0 Å². The Morgan fingerprint density at radius 3 is 2.58 bits per heavy atom. The first kappa shape index (κ1) is 14.7. The molecule has 0 unspecified atom stereocenters. The van der Waals surface area contributed by atoms with Crippen LogP contribution in [-0.4, -0.2) is 30.1 Å². The van der Waals surface area contributed by atoms with Gasteiger partial charge in [-0.2, -0.15) is 0 Å². The summed E-state index contributed by atoms with van der Waals surface area (Å²) in [5, 5.41) is 10.6. The van der Waals surface area contributed by atoms with Crippen molar-refractivity contribution >= 4 is 11.8 Å². The minimum absolute atomic E-state index is 0.00440. The average molecular weight is 276 g/mol. The largest absolute Gasteiger partial charge is 0.469 e. The number of halogens is 2. The molecule has 1 rings (SSSR count). The molecule has 0 bridgehead atoms. The Morgan fingerprint density at radius 1 is 1.53 bits per heavy atom. The average Bonchev–Trinajstić information content (AvgIpc) is 2.37. The van der Waals surface area contributed by atoms with Gasteiger partial charge in [-0.25, -0.2) is 8.78 Å². The summed E-state index contributed by atoms with van der Waals surface area (Å²) in [5.41, 5.74) is -0.875. The molecule has 0 N–H and O–H groups in total. The molecule has 0 radical (unpaired) electrons. The molecular weight excluding hydrogens is 266 g/mol. The van der Waals surface area contributed by atoms with Gasteiger partial charge in [0.2, 0.25) is 0 Å². The van der Waals surface area contributed by atoms with E-state index in [0.29, 0.717) is 0 Å². The minimum Gasteiger partial charge on any atom is -0.469 e. The van der Waals surface area contributed by atoms with Crippen molar-refractivity contribution in [1.82, 2.24) is 4.98 Å². The molecule has 0 aliphatic carbocycles. The molecule has 19 heavy (non-hydrogen) atoms. The third-order valence-electron chi connectivity index (χ3n) is 2.23. The second kappa shape index (κ2) is 6.03. The highest BCUT2D eigenvalue weighted by Crippen LogP contribution is 2.32. The lowest BCUT2D eigenvalue weighted by Gasteiger charge is -2.07. The Hall–Kier alpha value is -2.32. The highest BCUT2D eigenvalue weighted by atomic mass is 19.3. The molecular formula is C10H10F2N2O5. The van der Waals surface area contributed by atoms with Gasteiger partial charge >= 0.3 is 17.7 Å². The maximum Gasteiger partial charge on any atom is 0.376 e. The van der Waals surface area contributed by atoms with Crippen LogP contribution in [0.1, 0.15) is 17.6 Å². The predicted molar refractivity (Wildman–Crippen MR) is 58.1 cm³/mol. The number of alkyl halides is 2. The van der Waals surface area contributed by atoms with Crippen molar-refractivity contribution in [2.45, 2.75) is 12.8 Å². The van der Waals surface area contributed by atoms with Gasteiger partial charge in [0, 0.05) is 4.98 Å². The number of carbonyl (C=O) groups is 1. The van der Waals surface area contributed by atoms with Crippen molar-refractivity contribution in [3.05, 3.63) is 27.3 Å². The number of nitrogens with zero attached hydrogens (tertiary/aromatic N) is 2. The Morgan fingerprint density at radius 2 is 2.16 bits per heavy atom. The highest BCUT2D eigenvalue weighted by molar-refractivity contribution is 5.73. The summed E-state index contributed by atoms with van der Waals surface area (Å²) in [7, 11) is 2.29. The lowest BCUT2D eigenvalue weighted by atomic mass is 10.1. The van der Waals surface area contributed by atoms with E-state index in [9.17, 15) is 23.7 Å². The van der Waals surface area contributed by atoms with E-state index in [1.54, 1.807) is 0 Å². The quantitative estimate of drug-likeness (QED) is 0.461. The zero-order valence-electron chi connectivity index (χ0n) is 10.1. The summed E-state index contributed by atoms with van der Waals surface area (Å²) in [6.45, 7) is 0. The Bertz CT molecular complexity index is 507. The van der Waals surface area contributed by atoms with Crippen LogP contribution in [0.4, 0.5) is 14.6 Å². The van der Waals surface area contributed by atoms with Gasteiger partial charge in [-0.1, -0.05) is 0 Å². The van der Waals surface area contributed by atoms with E-state index < -0.39 is 28.7 Å². The number of methoxy groups -OCH3 is 2. The van der Waals surface area contributed by atoms with Crippen LogP contribution in [0.15, 0.2) is 6.07 Å². The van der Waals surface area contributed by atoms with Gasteiger partial charge in [-0.05, 0) is 11.0 Å². The molecule has 0 saturated carbocycles. The third-order valence-corrected chi connectivity index (χ3v) is 2.23. The molecule has 104 valence electrons. The van der Waals surface area contributed by atoms with Crippen LogP contribution in [0.25, 0.3) is 0 Å². The fraction of sp³-hybridized carbons (Fsp3) is 0.400. The summed E-state index contributed by atoms with van der Waals surface area (Å²) < 4.78 is 34.6. The fourth-order valence-electron chi connectivity index (χ4n) is 1.38. The van der Waals surface area contributed by atoms with Crippen molar-refractivity contribution in [3.8, 4) is 5.88 Å². The maximum atomic E-state index is 12.7. The maximum absolute atomic E-state index is 12.7. The van der Waals surface area contributed by atoms with Crippen molar-refractivity contribution in [2.75, 3.05) is 14.2 Å². The van der Waals surface area contributed by atoms with Crippen LogP contribution in [-0.2, 0) is 16.0 Å². The van der Waals surface area contributed by atoms with Gasteiger partial charge in [-0.15, -0.1) is 0 Å². The van der Waals surface area contributed by atoms with Crippen molar-refractivity contribution in [3.63, 3.8) is 0 Å². The van der Waals surface area contributed by atoms with Crippen LogP contribution >= 0.6 is 0 Å². The van der Waals surface area contributed by atoms with Gasteiger partial charge in [0.1, 0.15) is 5.56 Å². The monoisotopic (exact) mass is 276 g/mol. The zero-order valence-corrected chi connectivity index (χ0v) is 10.1. The first-order chi connectivity index (χ1) is 8.90. The molecule has 0 aliphatic rings. The first-order valence-corrected chi connectivity index (χ1v) is 4.97. The van der Waals surface area contributed by atoms with E-state index in [4.69, 9.17) is 4.74 Å². The van der Waals surface area contributed by atoms with Gasteiger partial charge in [0.25, 0.3) is 6.43 Å². The van der Waals surface area contributed by atoms with Crippen LogP contribution in [0.2, 0.25) is 0 Å². The molecule has 0 saturated heterocycles. The van der Waals surface area contributed by atoms with Crippen LogP contribution in [0.3, 0.4) is 0 Å². The summed E-state index contributed by atoms with van der Waals surface area (Å²) >= 11 is 0. The van der Waals surface area contributed by atoms with Crippen molar-refractivity contribution < 1.29 is 28.0 Å². The van der Waals surface area contributed by atoms with Gasteiger partial charge in [0.15, 0.2) is 0 Å². The summed E-state index contributed by atoms with van der Waals surface area (Å²) in [6, 6.07) is 0.825. The SMILES string of the molecule is COC(=O)Cc1cc(C(F)F)c([N+](=O)[O-])nc1OC. The number of esters is 1. The van der Waals surface area contributed by atoms with Crippen LogP contribution < -0.4 is 4.74 Å². The number of hydrogen-bond donors (Lipinski definition) is 0. The standard InChI is InChI=1S/C10H10F2N2O5/c1-18-7(15)4-5-3-6(8(11)12)9(14(16)17)13-10(5)19-2/h3,8H,4H2,1-2H3. The number of ether oxygens (including phenoxy) is 2. The number of aromatic nitrogens is 1. The molecule has 1 aromatic heterocycles. The molecule has 0 fully saturated rings. The minimum atomic E-state index is -3.09. The van der Waals surface area contributed by atoms with E-state index >= 15 is 0 Å². The lowest BCUT2D eigenvalue weighted by Crippen LogP contribution is -2.09. The highest BCUT2D eigenvalue weighted by Gasteiger charge is 2.28. The second-order valence-electron chi connectivity index (χ2n) is 3.38.